The molecule has 0 aromatic heterocycles. The molecule has 0 aliphatic heterocycles. The average molecular weight is 203 g/mol. The van der Waals surface area contributed by atoms with E-state index in [0.29, 0.717) is 16.5 Å². The monoisotopic (exact) mass is 202 g/mol. The lowest BCUT2D eigenvalue weighted by Gasteiger charge is -1.98. The Labute approximate surface area is 81.0 Å². The normalized spacial score (nSPS) is 11.7. The summed E-state index contributed by atoms with van der Waals surface area (Å²) < 4.78 is 0. The summed E-state index contributed by atoms with van der Waals surface area (Å²) in [5.41, 5.74) is 6.87. The summed E-state index contributed by atoms with van der Waals surface area (Å²) in [5.74, 6) is 0.204. The minimum absolute atomic E-state index is 0.204. The van der Waals surface area contributed by atoms with Gasteiger partial charge in [0, 0.05) is 0 Å². The van der Waals surface area contributed by atoms with Gasteiger partial charge in [0.05, 0.1) is 17.3 Å². The van der Waals surface area contributed by atoms with E-state index in [1.54, 1.807) is 12.1 Å². The lowest BCUT2D eigenvalue weighted by Crippen LogP contribution is -1.89. The van der Waals surface area contributed by atoms with Crippen LogP contribution in [0.15, 0.2) is 29.3 Å². The van der Waals surface area contributed by atoms with Gasteiger partial charge in [0.1, 0.15) is 5.17 Å². The van der Waals surface area contributed by atoms with Crippen LogP contribution in [0.25, 0.3) is 0 Å². The zero-order chi connectivity index (χ0) is 8.97. The van der Waals surface area contributed by atoms with Crippen LogP contribution in [0.5, 0.6) is 0 Å². The zero-order valence-electron chi connectivity index (χ0n) is 6.30. The maximum Gasteiger partial charge on any atom is 0.121 e. The molecule has 0 aliphatic carbocycles. The second-order valence-electron chi connectivity index (χ2n) is 2.18. The Balaban J connectivity index is 2.96. The summed E-state index contributed by atoms with van der Waals surface area (Å²) in [7, 11) is 0. The Morgan fingerprint density at radius 3 is 2.67 bits per heavy atom. The minimum Gasteiger partial charge on any atom is -0.397 e. The molecule has 0 radical (unpaired) electrons. The lowest BCUT2D eigenvalue weighted by molar-refractivity contribution is 1.52. The van der Waals surface area contributed by atoms with Crippen molar-refractivity contribution in [3.63, 3.8) is 0 Å². The predicted molar refractivity (Wildman–Crippen MR) is 54.5 cm³/mol. The molecule has 2 N–H and O–H groups in total. The highest BCUT2D eigenvalue weighted by atomic mass is 35.5. The molecule has 2 nitrogen and oxygen atoms in total. The van der Waals surface area contributed by atoms with E-state index in [2.05, 4.69) is 4.99 Å². The van der Waals surface area contributed by atoms with Crippen LogP contribution in [0, 0.1) is 0 Å². The van der Waals surface area contributed by atoms with E-state index in [-0.39, 0.29) is 5.88 Å². The van der Waals surface area contributed by atoms with Gasteiger partial charge in [-0.15, -0.1) is 11.6 Å². The van der Waals surface area contributed by atoms with Crippen molar-refractivity contribution in [2.45, 2.75) is 0 Å². The highest BCUT2D eigenvalue weighted by molar-refractivity contribution is 6.69. The highest BCUT2D eigenvalue weighted by Gasteiger charge is 1.96. The zero-order valence-corrected chi connectivity index (χ0v) is 7.81. The van der Waals surface area contributed by atoms with Gasteiger partial charge in [-0.05, 0) is 12.1 Å². The number of halogens is 2. The molecule has 0 saturated carbocycles. The average Bonchev–Trinajstić information content (AvgIpc) is 2.09. The molecule has 1 aromatic carbocycles. The minimum atomic E-state index is 0.204. The second-order valence-corrected chi connectivity index (χ2v) is 2.88. The molecular formula is C8H8Cl2N2. The van der Waals surface area contributed by atoms with E-state index in [0.717, 1.165) is 0 Å². The number of hydrogen-bond acceptors (Lipinski definition) is 2. The molecule has 1 rings (SSSR count). The van der Waals surface area contributed by atoms with E-state index in [4.69, 9.17) is 28.9 Å². The number of alkyl halides is 1. The Bertz CT molecular complexity index is 297. The first-order chi connectivity index (χ1) is 5.74. The molecule has 0 spiro atoms. The van der Waals surface area contributed by atoms with Gasteiger partial charge in [-0.25, -0.2) is 4.99 Å². The van der Waals surface area contributed by atoms with Crippen LogP contribution in [0.3, 0.4) is 0 Å². The number of rotatable bonds is 2. The molecule has 0 amide bonds. The Morgan fingerprint density at radius 2 is 2.08 bits per heavy atom. The van der Waals surface area contributed by atoms with Gasteiger partial charge in [-0.1, -0.05) is 23.7 Å². The van der Waals surface area contributed by atoms with Crippen molar-refractivity contribution < 1.29 is 0 Å². The standard InChI is InChI=1S/C8H8Cl2N2/c9-5-8(10)12-7-4-2-1-3-6(7)11/h1-4H,5,11H2/b12-8+. The number of nitrogens with two attached hydrogens (primary N) is 1. The van der Waals surface area contributed by atoms with Crippen molar-refractivity contribution in [1.29, 1.82) is 0 Å². The first-order valence-electron chi connectivity index (χ1n) is 3.37. The maximum atomic E-state index is 5.63. The molecule has 0 fully saturated rings. The van der Waals surface area contributed by atoms with Crippen LogP contribution in [0.2, 0.25) is 0 Å². The molecule has 0 unspecified atom stereocenters. The largest absolute Gasteiger partial charge is 0.397 e. The summed E-state index contributed by atoms with van der Waals surface area (Å²) in [5, 5.41) is 0.342. The SMILES string of the molecule is Nc1ccccc1/N=C(/Cl)CCl. The van der Waals surface area contributed by atoms with E-state index >= 15 is 0 Å². The summed E-state index contributed by atoms with van der Waals surface area (Å²) in [4.78, 5) is 4.00. The fraction of sp³-hybridized carbons (Fsp3) is 0.125. The first-order valence-corrected chi connectivity index (χ1v) is 4.29. The number of para-hydroxylation sites is 2. The Hall–Kier alpha value is -0.730. The molecule has 1 aromatic rings. The molecule has 64 valence electrons. The summed E-state index contributed by atoms with van der Waals surface area (Å²) in [6, 6.07) is 7.22. The third-order valence-electron chi connectivity index (χ3n) is 1.29. The quantitative estimate of drug-likeness (QED) is 0.448. The van der Waals surface area contributed by atoms with Gasteiger partial charge in [0.15, 0.2) is 0 Å². The molecular weight excluding hydrogens is 195 g/mol. The van der Waals surface area contributed by atoms with E-state index in [9.17, 15) is 0 Å². The van der Waals surface area contributed by atoms with Crippen molar-refractivity contribution in [2.75, 3.05) is 11.6 Å². The number of nitrogens with zero attached hydrogens (tertiary/aromatic N) is 1. The third kappa shape index (κ3) is 2.40. The Kier molecular flexibility index (Phi) is 3.38. The van der Waals surface area contributed by atoms with E-state index < -0.39 is 0 Å². The van der Waals surface area contributed by atoms with Gasteiger partial charge in [0.2, 0.25) is 0 Å². The second kappa shape index (κ2) is 4.33. The molecule has 0 bridgehead atoms. The van der Waals surface area contributed by atoms with Gasteiger partial charge in [0.25, 0.3) is 0 Å². The van der Waals surface area contributed by atoms with Gasteiger partial charge >= 0.3 is 0 Å². The Morgan fingerprint density at radius 1 is 1.42 bits per heavy atom. The fourth-order valence-corrected chi connectivity index (χ4v) is 0.901. The smallest absolute Gasteiger partial charge is 0.121 e. The molecule has 0 atom stereocenters. The first kappa shape index (κ1) is 9.36. The summed E-state index contributed by atoms with van der Waals surface area (Å²) in [6.07, 6.45) is 0. The van der Waals surface area contributed by atoms with Crippen LogP contribution in [-0.2, 0) is 0 Å². The molecule has 12 heavy (non-hydrogen) atoms. The van der Waals surface area contributed by atoms with Crippen LogP contribution in [0.4, 0.5) is 11.4 Å². The molecule has 0 saturated heterocycles. The van der Waals surface area contributed by atoms with E-state index in [1.165, 1.54) is 0 Å². The third-order valence-corrected chi connectivity index (χ3v) is 1.90. The molecule has 0 aliphatic rings. The summed E-state index contributed by atoms with van der Waals surface area (Å²) in [6.45, 7) is 0. The van der Waals surface area contributed by atoms with Crippen LogP contribution < -0.4 is 5.73 Å². The lowest BCUT2D eigenvalue weighted by atomic mass is 10.3. The van der Waals surface area contributed by atoms with Gasteiger partial charge < -0.3 is 5.73 Å². The summed E-state index contributed by atoms with van der Waals surface area (Å²) >= 11 is 11.1. The van der Waals surface area contributed by atoms with E-state index in [1.807, 2.05) is 12.1 Å². The molecule has 0 heterocycles. The number of aliphatic imine (C=N–C) groups is 1. The van der Waals surface area contributed by atoms with Crippen molar-refractivity contribution in [3.8, 4) is 0 Å². The number of nitrogen functional groups attached to an aromatic ring is 1. The number of hydrogen-bond donors (Lipinski definition) is 1. The maximum absolute atomic E-state index is 5.63. The molecule has 4 heteroatoms. The van der Waals surface area contributed by atoms with Crippen molar-refractivity contribution in [1.82, 2.24) is 0 Å². The highest BCUT2D eigenvalue weighted by Crippen LogP contribution is 2.21. The fourth-order valence-electron chi connectivity index (χ4n) is 0.750. The predicted octanol–water partition coefficient (Wildman–Crippen LogP) is 2.78. The van der Waals surface area contributed by atoms with Crippen LogP contribution in [0.1, 0.15) is 0 Å². The van der Waals surface area contributed by atoms with Crippen molar-refractivity contribution in [3.05, 3.63) is 24.3 Å². The number of anilines is 1. The van der Waals surface area contributed by atoms with Crippen molar-refractivity contribution in [2.24, 2.45) is 4.99 Å². The topological polar surface area (TPSA) is 38.4 Å². The number of benzene rings is 1. The van der Waals surface area contributed by atoms with Crippen molar-refractivity contribution >= 4 is 39.7 Å². The van der Waals surface area contributed by atoms with Crippen LogP contribution >= 0.6 is 23.2 Å². The van der Waals surface area contributed by atoms with Gasteiger partial charge in [-0.3, -0.25) is 0 Å². The van der Waals surface area contributed by atoms with Gasteiger partial charge in [-0.2, -0.15) is 0 Å². The van der Waals surface area contributed by atoms with Crippen LogP contribution in [-0.4, -0.2) is 11.1 Å².